The van der Waals surface area contributed by atoms with E-state index in [0.29, 0.717) is 30.6 Å². The van der Waals surface area contributed by atoms with Gasteiger partial charge in [-0.15, -0.1) is 0 Å². The van der Waals surface area contributed by atoms with Gasteiger partial charge in [0.05, 0.1) is 5.56 Å². The summed E-state index contributed by atoms with van der Waals surface area (Å²) in [5.74, 6) is -0.167. The Balaban J connectivity index is 1.64. The highest BCUT2D eigenvalue weighted by atomic mass is 16.2. The number of carbonyl (C=O) groups is 3. The van der Waals surface area contributed by atoms with Gasteiger partial charge >= 0.3 is 0 Å². The van der Waals surface area contributed by atoms with E-state index in [-0.39, 0.29) is 23.4 Å². The molecule has 1 aliphatic rings. The van der Waals surface area contributed by atoms with Crippen LogP contribution in [0.25, 0.3) is 0 Å². The Hall–Kier alpha value is -2.75. The molecule has 1 amide bonds. The second kappa shape index (κ2) is 8.76. The second-order valence-electron chi connectivity index (χ2n) is 7.14. The maximum atomic E-state index is 12.9. The number of hydrogen-bond donors (Lipinski definition) is 0. The van der Waals surface area contributed by atoms with Crippen molar-refractivity contribution in [2.24, 2.45) is 5.92 Å². The van der Waals surface area contributed by atoms with Gasteiger partial charge in [0.2, 0.25) is 0 Å². The van der Waals surface area contributed by atoms with Crippen molar-refractivity contribution in [3.8, 4) is 0 Å². The van der Waals surface area contributed by atoms with Crippen LogP contribution in [-0.4, -0.2) is 35.5 Å². The molecule has 1 fully saturated rings. The molecule has 0 unspecified atom stereocenters. The summed E-state index contributed by atoms with van der Waals surface area (Å²) in [5.41, 5.74) is 2.03. The van der Waals surface area contributed by atoms with Gasteiger partial charge in [-0.2, -0.15) is 0 Å². The Morgan fingerprint density at radius 2 is 1.63 bits per heavy atom. The summed E-state index contributed by atoms with van der Waals surface area (Å²) in [6.45, 7) is 2.55. The van der Waals surface area contributed by atoms with E-state index >= 15 is 0 Å². The van der Waals surface area contributed by atoms with Crippen LogP contribution in [-0.2, 0) is 11.2 Å². The fraction of sp³-hybridized carbons (Fsp3) is 0.348. The van der Waals surface area contributed by atoms with E-state index in [9.17, 15) is 14.4 Å². The molecule has 140 valence electrons. The minimum atomic E-state index is -0.152. The van der Waals surface area contributed by atoms with Gasteiger partial charge < -0.3 is 4.90 Å². The van der Waals surface area contributed by atoms with Crippen molar-refractivity contribution in [3.63, 3.8) is 0 Å². The van der Waals surface area contributed by atoms with E-state index in [1.165, 1.54) is 6.92 Å². The zero-order valence-electron chi connectivity index (χ0n) is 15.7. The van der Waals surface area contributed by atoms with Crippen LogP contribution >= 0.6 is 0 Å². The van der Waals surface area contributed by atoms with Crippen molar-refractivity contribution in [2.45, 2.75) is 32.6 Å². The van der Waals surface area contributed by atoms with Crippen LogP contribution in [0.3, 0.4) is 0 Å². The molecule has 2 aromatic carbocycles. The fourth-order valence-electron chi connectivity index (χ4n) is 3.69. The van der Waals surface area contributed by atoms with Crippen LogP contribution in [0.2, 0.25) is 0 Å². The fourth-order valence-corrected chi connectivity index (χ4v) is 3.69. The molecule has 4 nitrogen and oxygen atoms in total. The van der Waals surface area contributed by atoms with E-state index in [1.807, 2.05) is 30.3 Å². The van der Waals surface area contributed by atoms with E-state index < -0.39 is 0 Å². The van der Waals surface area contributed by atoms with Crippen molar-refractivity contribution >= 4 is 17.5 Å². The van der Waals surface area contributed by atoms with Gasteiger partial charge in [-0.25, -0.2) is 0 Å². The topological polar surface area (TPSA) is 54.5 Å². The number of nitrogens with zero attached hydrogens (tertiary/aromatic N) is 1. The first-order chi connectivity index (χ1) is 13.1. The summed E-state index contributed by atoms with van der Waals surface area (Å²) < 4.78 is 0. The molecule has 3 rings (SSSR count). The molecule has 0 aliphatic carbocycles. The number of hydrogen-bond acceptors (Lipinski definition) is 3. The predicted molar refractivity (Wildman–Crippen MR) is 105 cm³/mol. The lowest BCUT2D eigenvalue weighted by molar-refractivity contribution is -0.124. The highest BCUT2D eigenvalue weighted by Gasteiger charge is 2.29. The number of ketones is 2. The van der Waals surface area contributed by atoms with E-state index in [0.717, 1.165) is 24.8 Å². The van der Waals surface area contributed by atoms with Crippen molar-refractivity contribution in [1.82, 2.24) is 4.90 Å². The SMILES string of the molecule is CC(=O)c1ccccc1C(=O)N1CCC[C@H](C(=O)CCc2ccccc2)C1. The number of likely N-dealkylation sites (tertiary alicyclic amines) is 1. The van der Waals surface area contributed by atoms with E-state index in [2.05, 4.69) is 0 Å². The van der Waals surface area contributed by atoms with Crippen LogP contribution in [0.4, 0.5) is 0 Å². The predicted octanol–water partition coefficient (Wildman–Crippen LogP) is 3.94. The summed E-state index contributed by atoms with van der Waals surface area (Å²) in [7, 11) is 0. The van der Waals surface area contributed by atoms with Gasteiger partial charge in [0.1, 0.15) is 5.78 Å². The summed E-state index contributed by atoms with van der Waals surface area (Å²) in [4.78, 5) is 39.1. The molecule has 0 saturated carbocycles. The first-order valence-electron chi connectivity index (χ1n) is 9.52. The van der Waals surface area contributed by atoms with Crippen molar-refractivity contribution in [2.75, 3.05) is 13.1 Å². The van der Waals surface area contributed by atoms with Gasteiger partial charge in [-0.1, -0.05) is 48.5 Å². The zero-order chi connectivity index (χ0) is 19.2. The van der Waals surface area contributed by atoms with Crippen molar-refractivity contribution in [1.29, 1.82) is 0 Å². The zero-order valence-corrected chi connectivity index (χ0v) is 15.7. The molecule has 0 radical (unpaired) electrons. The summed E-state index contributed by atoms with van der Waals surface area (Å²) in [6, 6.07) is 16.9. The Kier molecular flexibility index (Phi) is 6.17. The Morgan fingerprint density at radius 1 is 0.963 bits per heavy atom. The van der Waals surface area contributed by atoms with Gasteiger partial charge in [0.15, 0.2) is 5.78 Å². The molecule has 27 heavy (non-hydrogen) atoms. The lowest BCUT2D eigenvalue weighted by Crippen LogP contribution is -2.42. The highest BCUT2D eigenvalue weighted by Crippen LogP contribution is 2.22. The Morgan fingerprint density at radius 3 is 2.33 bits per heavy atom. The maximum Gasteiger partial charge on any atom is 0.254 e. The molecule has 2 aromatic rings. The van der Waals surface area contributed by atoms with Gasteiger partial charge in [-0.05, 0) is 37.8 Å². The molecule has 1 heterocycles. The molecule has 0 spiro atoms. The van der Waals surface area contributed by atoms with E-state index in [4.69, 9.17) is 0 Å². The molecule has 1 atom stereocenters. The van der Waals surface area contributed by atoms with Gasteiger partial charge in [0.25, 0.3) is 5.91 Å². The normalized spacial score (nSPS) is 16.8. The van der Waals surface area contributed by atoms with Crippen LogP contribution in [0.15, 0.2) is 54.6 Å². The smallest absolute Gasteiger partial charge is 0.254 e. The van der Waals surface area contributed by atoms with Crippen LogP contribution in [0.5, 0.6) is 0 Å². The quantitative estimate of drug-likeness (QED) is 0.731. The van der Waals surface area contributed by atoms with Crippen LogP contribution < -0.4 is 0 Å². The number of Topliss-reactive ketones (excluding diaryl/α,β-unsaturated/α-hetero) is 2. The second-order valence-corrected chi connectivity index (χ2v) is 7.14. The molecule has 0 N–H and O–H groups in total. The largest absolute Gasteiger partial charge is 0.338 e. The van der Waals surface area contributed by atoms with Crippen LogP contribution in [0.1, 0.15) is 52.5 Å². The number of carbonyl (C=O) groups excluding carboxylic acids is 3. The minimum Gasteiger partial charge on any atom is -0.338 e. The third-order valence-electron chi connectivity index (χ3n) is 5.20. The van der Waals surface area contributed by atoms with E-state index in [1.54, 1.807) is 29.2 Å². The number of piperidine rings is 1. The molecular weight excluding hydrogens is 338 g/mol. The number of amides is 1. The summed E-state index contributed by atoms with van der Waals surface area (Å²) >= 11 is 0. The number of aryl methyl sites for hydroxylation is 1. The third kappa shape index (κ3) is 4.70. The average molecular weight is 363 g/mol. The molecule has 0 bridgehead atoms. The number of rotatable bonds is 6. The molecular formula is C23H25NO3. The molecule has 4 heteroatoms. The first-order valence-corrected chi connectivity index (χ1v) is 9.52. The van der Waals surface area contributed by atoms with Crippen molar-refractivity contribution < 1.29 is 14.4 Å². The first kappa shape index (κ1) is 19.0. The lowest BCUT2D eigenvalue weighted by atomic mass is 9.90. The molecule has 1 aliphatic heterocycles. The monoisotopic (exact) mass is 363 g/mol. The third-order valence-corrected chi connectivity index (χ3v) is 5.20. The Labute approximate surface area is 160 Å². The average Bonchev–Trinajstić information content (AvgIpc) is 2.72. The standard InChI is InChI=1S/C23H25NO3/c1-17(25)20-11-5-6-12-21(20)23(27)24-15-7-10-19(16-24)22(26)14-13-18-8-3-2-4-9-18/h2-6,8-9,11-12,19H,7,10,13-16H2,1H3/t19-/m0/s1. The minimum absolute atomic E-state index is 0.115. The lowest BCUT2D eigenvalue weighted by Gasteiger charge is -2.32. The number of benzene rings is 2. The van der Waals surface area contributed by atoms with Crippen LogP contribution in [0, 0.1) is 5.92 Å². The van der Waals surface area contributed by atoms with Crippen molar-refractivity contribution in [3.05, 3.63) is 71.3 Å². The Bertz CT molecular complexity index is 829. The summed E-state index contributed by atoms with van der Waals surface area (Å²) in [5, 5.41) is 0. The molecule has 0 aromatic heterocycles. The molecule has 1 saturated heterocycles. The highest BCUT2D eigenvalue weighted by molar-refractivity contribution is 6.07. The maximum absolute atomic E-state index is 12.9. The van der Waals surface area contributed by atoms with Gasteiger partial charge in [0, 0.05) is 31.0 Å². The van der Waals surface area contributed by atoms with Gasteiger partial charge in [-0.3, -0.25) is 14.4 Å². The summed E-state index contributed by atoms with van der Waals surface area (Å²) in [6.07, 6.45) is 2.87.